The molecule has 3 aromatic rings. The molecule has 1 atom stereocenters. The van der Waals surface area contributed by atoms with Crippen molar-refractivity contribution in [1.82, 2.24) is 9.88 Å². The number of carbonyl (C=O) groups excluding carboxylic acids is 1. The molecule has 2 aromatic carbocycles. The van der Waals surface area contributed by atoms with Crippen molar-refractivity contribution in [2.75, 3.05) is 0 Å². The number of ether oxygens (including phenoxy) is 2. The van der Waals surface area contributed by atoms with E-state index in [0.717, 1.165) is 22.6 Å². The molecule has 1 aliphatic rings. The number of hydrogen-bond donors (Lipinski definition) is 1. The van der Waals surface area contributed by atoms with Gasteiger partial charge in [0, 0.05) is 17.1 Å². The van der Waals surface area contributed by atoms with Crippen molar-refractivity contribution >= 4 is 17.4 Å². The minimum Gasteiger partial charge on any atom is -0.421 e. The van der Waals surface area contributed by atoms with Gasteiger partial charge in [-0.1, -0.05) is 30.3 Å². The molecule has 0 bridgehead atoms. The Morgan fingerprint density at radius 3 is 2.41 bits per heavy atom. The van der Waals surface area contributed by atoms with Gasteiger partial charge in [-0.05, 0) is 31.5 Å². The van der Waals surface area contributed by atoms with Crippen LogP contribution in [0, 0.1) is 6.92 Å². The van der Waals surface area contributed by atoms with Crippen LogP contribution in [0.1, 0.15) is 23.4 Å². The van der Waals surface area contributed by atoms with Crippen molar-refractivity contribution in [3.8, 4) is 17.2 Å². The zero-order valence-corrected chi connectivity index (χ0v) is 17.6. The van der Waals surface area contributed by atoms with Crippen LogP contribution in [-0.2, 0) is 0 Å². The second-order valence-corrected chi connectivity index (χ2v) is 8.27. The first-order valence-corrected chi connectivity index (χ1v) is 10.2. The molecule has 1 aliphatic heterocycles. The Balaban J connectivity index is 1.64. The predicted octanol–water partition coefficient (Wildman–Crippen LogP) is 5.18. The Labute approximate surface area is 183 Å². The van der Waals surface area contributed by atoms with E-state index in [1.807, 2.05) is 37.3 Å². The van der Waals surface area contributed by atoms with E-state index in [1.165, 1.54) is 22.0 Å². The van der Waals surface area contributed by atoms with E-state index in [1.54, 1.807) is 13.1 Å². The lowest BCUT2D eigenvalue weighted by atomic mass is 10.1. The van der Waals surface area contributed by atoms with Crippen LogP contribution in [0.25, 0.3) is 5.69 Å². The molecule has 1 aromatic heterocycles. The summed E-state index contributed by atoms with van der Waals surface area (Å²) >= 11 is 1.19. The number of rotatable bonds is 3. The fraction of sp³-hybridized carbons (Fsp3) is 0.238. The zero-order chi connectivity index (χ0) is 23.1. The number of thiazole rings is 1. The zero-order valence-electron chi connectivity index (χ0n) is 16.8. The van der Waals surface area contributed by atoms with Gasteiger partial charge in [0.25, 0.3) is 0 Å². The van der Waals surface area contributed by atoms with Crippen molar-refractivity contribution in [2.24, 2.45) is 4.99 Å². The molecule has 168 valence electrons. The standard InChI is InChI=1S/C21H17F4N3O3S/c1-12-11-28(15-8-9-16-17(10-15)31-21(24,25)20(22,23)30-16)19(32-12)27-18(29)26-13(2)14-6-4-3-5-7-14/h3-11,13H,1-2H3,(H,26,29)/t13-/m0/s1. The van der Waals surface area contributed by atoms with Gasteiger partial charge in [-0.3, -0.25) is 4.57 Å². The number of aryl methyl sites for hydroxylation is 1. The number of hydrogen-bond acceptors (Lipinski definition) is 4. The molecule has 0 aliphatic carbocycles. The highest BCUT2D eigenvalue weighted by atomic mass is 32.1. The molecule has 0 saturated heterocycles. The highest BCUT2D eigenvalue weighted by Crippen LogP contribution is 2.47. The lowest BCUT2D eigenvalue weighted by Crippen LogP contribution is -2.52. The summed E-state index contributed by atoms with van der Waals surface area (Å²) in [4.78, 5) is 17.6. The Hall–Kier alpha value is -3.34. The van der Waals surface area contributed by atoms with E-state index < -0.39 is 29.7 Å². The summed E-state index contributed by atoms with van der Waals surface area (Å²) in [5, 5.41) is 2.76. The van der Waals surface area contributed by atoms with Gasteiger partial charge in [0.05, 0.1) is 11.7 Å². The summed E-state index contributed by atoms with van der Waals surface area (Å²) in [6.07, 6.45) is -7.98. The molecule has 2 heterocycles. The van der Waals surface area contributed by atoms with E-state index in [0.29, 0.717) is 0 Å². The van der Waals surface area contributed by atoms with Crippen LogP contribution in [0.15, 0.2) is 59.7 Å². The number of urea groups is 1. The van der Waals surface area contributed by atoms with E-state index in [9.17, 15) is 22.4 Å². The van der Waals surface area contributed by atoms with Crippen LogP contribution in [-0.4, -0.2) is 22.8 Å². The SMILES string of the molecule is Cc1cn(-c2ccc3c(c2)OC(F)(F)C(F)(F)O3)c(=NC(=O)N[C@@H](C)c2ccccc2)s1. The fourth-order valence-corrected chi connectivity index (χ4v) is 3.88. The Morgan fingerprint density at radius 2 is 1.72 bits per heavy atom. The van der Waals surface area contributed by atoms with Crippen molar-refractivity contribution in [2.45, 2.75) is 32.1 Å². The number of halogens is 4. The van der Waals surface area contributed by atoms with Crippen molar-refractivity contribution in [3.05, 3.63) is 70.0 Å². The van der Waals surface area contributed by atoms with E-state index in [4.69, 9.17) is 0 Å². The Bertz CT molecular complexity index is 1220. The molecule has 6 nitrogen and oxygen atoms in total. The molecule has 4 rings (SSSR count). The number of alkyl halides is 4. The number of aromatic nitrogens is 1. The van der Waals surface area contributed by atoms with Gasteiger partial charge in [0.1, 0.15) is 0 Å². The van der Waals surface area contributed by atoms with Crippen molar-refractivity contribution < 1.29 is 31.8 Å². The van der Waals surface area contributed by atoms with Gasteiger partial charge < -0.3 is 14.8 Å². The molecule has 11 heteroatoms. The largest absolute Gasteiger partial charge is 0.507 e. The number of nitrogens with zero attached hydrogens (tertiary/aromatic N) is 2. The minimum atomic E-state index is -4.82. The third-order valence-corrected chi connectivity index (χ3v) is 5.52. The van der Waals surface area contributed by atoms with Gasteiger partial charge in [-0.15, -0.1) is 11.3 Å². The normalized spacial score (nSPS) is 17.6. The second-order valence-electron chi connectivity index (χ2n) is 7.06. The maximum Gasteiger partial charge on any atom is 0.507 e. The van der Waals surface area contributed by atoms with E-state index >= 15 is 0 Å². The molecule has 0 fully saturated rings. The Kier molecular flexibility index (Phi) is 5.45. The summed E-state index contributed by atoms with van der Waals surface area (Å²) < 4.78 is 63.6. The molecule has 2 amide bonds. The number of nitrogens with one attached hydrogen (secondary N) is 1. The fourth-order valence-electron chi connectivity index (χ4n) is 3.05. The quantitative estimate of drug-likeness (QED) is 0.540. The van der Waals surface area contributed by atoms with Crippen molar-refractivity contribution in [1.29, 1.82) is 0 Å². The molecule has 0 unspecified atom stereocenters. The summed E-state index contributed by atoms with van der Waals surface area (Å²) in [6.45, 7) is 3.59. The van der Waals surface area contributed by atoms with Gasteiger partial charge in [0.2, 0.25) is 0 Å². The first-order chi connectivity index (χ1) is 15.1. The van der Waals surface area contributed by atoms with Crippen LogP contribution in [0.2, 0.25) is 0 Å². The molecule has 0 spiro atoms. The topological polar surface area (TPSA) is 64.8 Å². The van der Waals surface area contributed by atoms with Crippen LogP contribution < -0.4 is 19.6 Å². The van der Waals surface area contributed by atoms with Crippen LogP contribution in [0.5, 0.6) is 11.5 Å². The smallest absolute Gasteiger partial charge is 0.421 e. The van der Waals surface area contributed by atoms with E-state index in [2.05, 4.69) is 19.8 Å². The number of benzene rings is 2. The molecule has 1 N–H and O–H groups in total. The molecule has 0 saturated carbocycles. The highest BCUT2D eigenvalue weighted by Gasteiger charge is 2.65. The van der Waals surface area contributed by atoms with Crippen molar-refractivity contribution in [3.63, 3.8) is 0 Å². The first kappa shape index (κ1) is 21.9. The summed E-state index contributed by atoms with van der Waals surface area (Å²) in [6, 6.07) is 12.0. The van der Waals surface area contributed by atoms with Gasteiger partial charge in [-0.25, -0.2) is 4.79 Å². The average molecular weight is 467 g/mol. The molecular weight excluding hydrogens is 450 g/mol. The molecular formula is C21H17F4N3O3S. The maximum atomic E-state index is 13.5. The van der Waals surface area contributed by atoms with Gasteiger partial charge in [0.15, 0.2) is 16.3 Å². The third-order valence-electron chi connectivity index (χ3n) is 4.63. The lowest BCUT2D eigenvalue weighted by Gasteiger charge is -2.31. The maximum absolute atomic E-state index is 13.5. The lowest BCUT2D eigenvalue weighted by molar-refractivity contribution is -0.391. The van der Waals surface area contributed by atoms with Crippen LogP contribution in [0.3, 0.4) is 0 Å². The highest BCUT2D eigenvalue weighted by molar-refractivity contribution is 7.09. The predicted molar refractivity (Wildman–Crippen MR) is 108 cm³/mol. The van der Waals surface area contributed by atoms with Gasteiger partial charge >= 0.3 is 18.2 Å². The average Bonchev–Trinajstić information content (AvgIpc) is 3.08. The summed E-state index contributed by atoms with van der Waals surface area (Å²) in [7, 11) is 0. The number of carbonyl (C=O) groups is 1. The summed E-state index contributed by atoms with van der Waals surface area (Å²) in [5.74, 6) is -1.08. The molecule has 0 radical (unpaired) electrons. The first-order valence-electron chi connectivity index (χ1n) is 9.43. The van der Waals surface area contributed by atoms with E-state index in [-0.39, 0.29) is 16.5 Å². The molecule has 32 heavy (non-hydrogen) atoms. The van der Waals surface area contributed by atoms with Crippen LogP contribution in [0.4, 0.5) is 22.4 Å². The Morgan fingerprint density at radius 1 is 1.06 bits per heavy atom. The number of fused-ring (bicyclic) bond motifs is 1. The van der Waals surface area contributed by atoms with Crippen LogP contribution >= 0.6 is 11.3 Å². The minimum absolute atomic E-state index is 0.258. The van der Waals surface area contributed by atoms with Gasteiger partial charge in [-0.2, -0.15) is 22.6 Å². The number of amides is 2. The second kappa shape index (κ2) is 7.97. The third kappa shape index (κ3) is 4.20. The monoisotopic (exact) mass is 467 g/mol. The summed E-state index contributed by atoms with van der Waals surface area (Å²) in [5.41, 5.74) is 1.18.